The SMILES string of the molecule is N#Cc1c(N)c([N+](=O)[O-])c(-c2ccc(F)cc2)c2c1CCN(Cc1ccccc1)C2. The molecule has 6 nitrogen and oxygen atoms in total. The van der Waals surface area contributed by atoms with Gasteiger partial charge >= 0.3 is 5.69 Å². The molecule has 0 atom stereocenters. The predicted molar refractivity (Wildman–Crippen MR) is 112 cm³/mol. The summed E-state index contributed by atoms with van der Waals surface area (Å²) >= 11 is 0. The second-order valence-corrected chi connectivity index (χ2v) is 7.29. The van der Waals surface area contributed by atoms with Gasteiger partial charge in [-0.15, -0.1) is 0 Å². The van der Waals surface area contributed by atoms with Gasteiger partial charge < -0.3 is 5.73 Å². The standard InChI is InChI=1S/C23H19FN4O2/c24-17-8-6-16(7-9-17)21-20-14-27(13-15-4-2-1-3-5-15)11-10-18(20)19(12-25)22(26)23(21)28(29)30/h1-9H,10-11,13-14,26H2. The van der Waals surface area contributed by atoms with Crippen molar-refractivity contribution in [2.45, 2.75) is 19.5 Å². The van der Waals surface area contributed by atoms with Gasteiger partial charge in [0.05, 0.1) is 16.1 Å². The maximum Gasteiger partial charge on any atom is 0.301 e. The molecule has 0 saturated heterocycles. The van der Waals surface area contributed by atoms with E-state index in [0.717, 1.165) is 11.1 Å². The number of nitrogens with two attached hydrogens (primary N) is 1. The molecule has 0 unspecified atom stereocenters. The monoisotopic (exact) mass is 402 g/mol. The van der Waals surface area contributed by atoms with Crippen LogP contribution in [0.15, 0.2) is 54.6 Å². The summed E-state index contributed by atoms with van der Waals surface area (Å²) in [7, 11) is 0. The Morgan fingerprint density at radius 2 is 1.83 bits per heavy atom. The number of nitro benzene ring substituents is 1. The second kappa shape index (κ2) is 7.93. The minimum Gasteiger partial charge on any atom is -0.392 e. The number of benzene rings is 3. The quantitative estimate of drug-likeness (QED) is 0.396. The fourth-order valence-electron chi connectivity index (χ4n) is 4.10. The van der Waals surface area contributed by atoms with Crippen LogP contribution in [0.5, 0.6) is 0 Å². The highest BCUT2D eigenvalue weighted by Gasteiger charge is 2.33. The highest BCUT2D eigenvalue weighted by atomic mass is 19.1. The highest BCUT2D eigenvalue weighted by Crippen LogP contribution is 2.44. The predicted octanol–water partition coefficient (Wildman–Crippen LogP) is 4.41. The first-order valence-corrected chi connectivity index (χ1v) is 9.53. The first-order chi connectivity index (χ1) is 14.5. The van der Waals surface area contributed by atoms with Gasteiger partial charge in [0, 0.05) is 19.6 Å². The van der Waals surface area contributed by atoms with Gasteiger partial charge in [-0.2, -0.15) is 5.26 Å². The number of rotatable bonds is 4. The number of hydrogen-bond acceptors (Lipinski definition) is 5. The lowest BCUT2D eigenvalue weighted by Crippen LogP contribution is -2.31. The molecular formula is C23H19FN4O2. The highest BCUT2D eigenvalue weighted by molar-refractivity contribution is 5.89. The molecule has 3 aromatic carbocycles. The Morgan fingerprint density at radius 1 is 1.13 bits per heavy atom. The molecule has 0 aromatic heterocycles. The van der Waals surface area contributed by atoms with Crippen molar-refractivity contribution in [3.05, 3.63) is 92.8 Å². The Kier molecular flexibility index (Phi) is 5.17. The lowest BCUT2D eigenvalue weighted by Gasteiger charge is -2.31. The van der Waals surface area contributed by atoms with E-state index in [0.29, 0.717) is 42.7 Å². The summed E-state index contributed by atoms with van der Waals surface area (Å²) in [6.07, 6.45) is 0.557. The zero-order valence-corrected chi connectivity index (χ0v) is 16.1. The third kappa shape index (κ3) is 3.49. The Bertz CT molecular complexity index is 1150. The van der Waals surface area contributed by atoms with Crippen LogP contribution in [-0.4, -0.2) is 16.4 Å². The van der Waals surface area contributed by atoms with Crippen molar-refractivity contribution in [1.29, 1.82) is 5.26 Å². The van der Waals surface area contributed by atoms with Gasteiger partial charge in [-0.05, 0) is 40.8 Å². The Balaban J connectivity index is 1.89. The Hall–Kier alpha value is -3.76. The number of hydrogen-bond donors (Lipinski definition) is 1. The molecule has 0 aliphatic carbocycles. The molecule has 1 aliphatic heterocycles. The second-order valence-electron chi connectivity index (χ2n) is 7.29. The summed E-state index contributed by atoms with van der Waals surface area (Å²) in [4.78, 5) is 13.6. The van der Waals surface area contributed by atoms with E-state index >= 15 is 0 Å². The van der Waals surface area contributed by atoms with Gasteiger partial charge in [0.1, 0.15) is 17.6 Å². The average molecular weight is 402 g/mol. The van der Waals surface area contributed by atoms with E-state index < -0.39 is 10.7 Å². The van der Waals surface area contributed by atoms with Gasteiger partial charge in [0.15, 0.2) is 0 Å². The fourth-order valence-corrected chi connectivity index (χ4v) is 4.10. The molecule has 0 spiro atoms. The molecule has 0 amide bonds. The van der Waals surface area contributed by atoms with Crippen LogP contribution in [0.3, 0.4) is 0 Å². The van der Waals surface area contributed by atoms with E-state index in [9.17, 15) is 19.8 Å². The van der Waals surface area contributed by atoms with E-state index in [1.807, 2.05) is 30.3 Å². The molecule has 1 heterocycles. The van der Waals surface area contributed by atoms with Gasteiger partial charge in [0.2, 0.25) is 0 Å². The number of nitriles is 1. The molecule has 7 heteroatoms. The van der Waals surface area contributed by atoms with Crippen LogP contribution in [0.4, 0.5) is 15.8 Å². The van der Waals surface area contributed by atoms with Crippen molar-refractivity contribution < 1.29 is 9.31 Å². The summed E-state index contributed by atoms with van der Waals surface area (Å²) in [5.74, 6) is -0.428. The van der Waals surface area contributed by atoms with Crippen LogP contribution in [0.2, 0.25) is 0 Å². The molecule has 0 radical (unpaired) electrons. The first kappa shape index (κ1) is 19.6. The number of nitro groups is 1. The summed E-state index contributed by atoms with van der Waals surface area (Å²) in [6, 6.07) is 17.6. The van der Waals surface area contributed by atoms with Crippen LogP contribution >= 0.6 is 0 Å². The van der Waals surface area contributed by atoms with Crippen LogP contribution < -0.4 is 5.73 Å². The van der Waals surface area contributed by atoms with Gasteiger partial charge in [-0.3, -0.25) is 15.0 Å². The molecule has 4 rings (SSSR count). The topological polar surface area (TPSA) is 96.2 Å². The third-order valence-corrected chi connectivity index (χ3v) is 5.47. The van der Waals surface area contributed by atoms with Crippen LogP contribution in [-0.2, 0) is 19.5 Å². The van der Waals surface area contributed by atoms with E-state index in [-0.39, 0.29) is 16.9 Å². The molecule has 0 fully saturated rings. The van der Waals surface area contributed by atoms with E-state index in [4.69, 9.17) is 5.73 Å². The van der Waals surface area contributed by atoms with E-state index in [2.05, 4.69) is 11.0 Å². The number of anilines is 1. The van der Waals surface area contributed by atoms with Gasteiger partial charge in [-0.1, -0.05) is 42.5 Å². The molecule has 30 heavy (non-hydrogen) atoms. The molecule has 0 saturated carbocycles. The van der Waals surface area contributed by atoms with Crippen molar-refractivity contribution in [2.24, 2.45) is 0 Å². The zero-order chi connectivity index (χ0) is 21.3. The maximum atomic E-state index is 13.5. The maximum absolute atomic E-state index is 13.5. The molecule has 1 aliphatic rings. The van der Waals surface area contributed by atoms with Crippen LogP contribution in [0.25, 0.3) is 11.1 Å². The fraction of sp³-hybridized carbons (Fsp3) is 0.174. The number of nitrogens with zero attached hydrogens (tertiary/aromatic N) is 3. The average Bonchev–Trinajstić information content (AvgIpc) is 2.74. The number of halogens is 1. The summed E-state index contributed by atoms with van der Waals surface area (Å²) in [5, 5.41) is 21.6. The minimum absolute atomic E-state index is 0.128. The van der Waals surface area contributed by atoms with E-state index in [1.165, 1.54) is 24.3 Å². The summed E-state index contributed by atoms with van der Waals surface area (Å²) in [5.41, 5.74) is 9.30. The lowest BCUT2D eigenvalue weighted by atomic mass is 9.85. The Morgan fingerprint density at radius 3 is 2.47 bits per heavy atom. The smallest absolute Gasteiger partial charge is 0.301 e. The molecule has 0 bridgehead atoms. The van der Waals surface area contributed by atoms with E-state index in [1.54, 1.807) is 0 Å². The molecule has 150 valence electrons. The van der Waals surface area contributed by atoms with Crippen molar-refractivity contribution in [3.63, 3.8) is 0 Å². The molecule has 2 N–H and O–H groups in total. The van der Waals surface area contributed by atoms with Gasteiger partial charge in [0.25, 0.3) is 0 Å². The van der Waals surface area contributed by atoms with Crippen LogP contribution in [0.1, 0.15) is 22.3 Å². The van der Waals surface area contributed by atoms with Crippen molar-refractivity contribution in [2.75, 3.05) is 12.3 Å². The number of fused-ring (bicyclic) bond motifs is 1. The zero-order valence-electron chi connectivity index (χ0n) is 16.1. The summed E-state index contributed by atoms with van der Waals surface area (Å²) in [6.45, 7) is 1.83. The number of nitrogen functional groups attached to an aromatic ring is 1. The normalized spacial score (nSPS) is 13.5. The van der Waals surface area contributed by atoms with Crippen molar-refractivity contribution in [3.8, 4) is 17.2 Å². The first-order valence-electron chi connectivity index (χ1n) is 9.53. The van der Waals surface area contributed by atoms with Crippen molar-refractivity contribution in [1.82, 2.24) is 4.90 Å². The third-order valence-electron chi connectivity index (χ3n) is 5.47. The van der Waals surface area contributed by atoms with Crippen molar-refractivity contribution >= 4 is 11.4 Å². The van der Waals surface area contributed by atoms with Gasteiger partial charge in [-0.25, -0.2) is 4.39 Å². The summed E-state index contributed by atoms with van der Waals surface area (Å²) < 4.78 is 13.5. The van der Waals surface area contributed by atoms with Crippen LogP contribution in [0, 0.1) is 27.3 Å². The Labute approximate surface area is 173 Å². The lowest BCUT2D eigenvalue weighted by molar-refractivity contribution is -0.383. The molecular weight excluding hydrogens is 383 g/mol. The minimum atomic E-state index is -0.550. The molecule has 3 aromatic rings. The largest absolute Gasteiger partial charge is 0.392 e.